The molecule has 0 radical (unpaired) electrons. The normalized spacial score (nSPS) is 11.0. The van der Waals surface area contributed by atoms with E-state index in [2.05, 4.69) is 41.9 Å². The summed E-state index contributed by atoms with van der Waals surface area (Å²) in [5.74, 6) is -1.83. The van der Waals surface area contributed by atoms with Crippen molar-refractivity contribution in [1.29, 1.82) is 0 Å². The summed E-state index contributed by atoms with van der Waals surface area (Å²) in [5.41, 5.74) is 0.438. The van der Waals surface area contributed by atoms with Gasteiger partial charge in [-0.3, -0.25) is 9.52 Å². The van der Waals surface area contributed by atoms with E-state index in [-0.39, 0.29) is 26.2 Å². The molecule has 0 aliphatic carbocycles. The maximum Gasteiger partial charge on any atom is 0.337 e. The van der Waals surface area contributed by atoms with E-state index >= 15 is 0 Å². The van der Waals surface area contributed by atoms with Gasteiger partial charge in [0.05, 0.1) is 11.3 Å². The van der Waals surface area contributed by atoms with Crippen molar-refractivity contribution in [1.82, 2.24) is 0 Å². The molecule has 0 saturated carbocycles. The quantitative estimate of drug-likeness (QED) is 0.399. The summed E-state index contributed by atoms with van der Waals surface area (Å²) < 4.78 is 29.2. The Morgan fingerprint density at radius 2 is 1.57 bits per heavy atom. The lowest BCUT2D eigenvalue weighted by Gasteiger charge is -2.12. The molecule has 0 spiro atoms. The second-order valence-electron chi connectivity index (χ2n) is 6.06. The molecule has 1 amide bonds. The fourth-order valence-electron chi connectivity index (χ4n) is 2.55. The lowest BCUT2D eigenvalue weighted by molar-refractivity contribution is 0.0698. The van der Waals surface area contributed by atoms with E-state index in [1.165, 1.54) is 36.4 Å². The Hall–Kier alpha value is -2.69. The molecular weight excluding hydrogens is 540 g/mol. The predicted octanol–water partition coefficient (Wildman–Crippen LogP) is 4.96. The van der Waals surface area contributed by atoms with E-state index in [1.807, 2.05) is 0 Å². The van der Waals surface area contributed by atoms with Gasteiger partial charge in [0.1, 0.15) is 4.90 Å². The van der Waals surface area contributed by atoms with E-state index in [9.17, 15) is 23.1 Å². The van der Waals surface area contributed by atoms with Gasteiger partial charge >= 0.3 is 5.97 Å². The summed E-state index contributed by atoms with van der Waals surface area (Å²) in [5, 5.41) is 11.8. The van der Waals surface area contributed by atoms with Crippen molar-refractivity contribution in [3.63, 3.8) is 0 Å². The Balaban J connectivity index is 1.90. The van der Waals surface area contributed by atoms with Gasteiger partial charge in [-0.05, 0) is 70.5 Å². The van der Waals surface area contributed by atoms with Crippen LogP contribution >= 0.6 is 31.9 Å². The van der Waals surface area contributed by atoms with Crippen molar-refractivity contribution in [2.45, 2.75) is 4.90 Å². The SMILES string of the molecule is O=C(Nc1ccccc1C(=O)O)c1ccc(Br)c(S(=O)(=O)Nc2ccc(Br)cc2)c1. The molecular formula is C20H14Br2N2O5S. The van der Waals surface area contributed by atoms with Crippen LogP contribution in [-0.2, 0) is 10.0 Å². The molecule has 3 aromatic rings. The highest BCUT2D eigenvalue weighted by molar-refractivity contribution is 9.10. The first-order chi connectivity index (χ1) is 14.2. The molecule has 0 aromatic heterocycles. The third-order valence-electron chi connectivity index (χ3n) is 3.99. The maximum atomic E-state index is 12.8. The third kappa shape index (κ3) is 5.07. The molecule has 0 aliphatic heterocycles. The number of aromatic carboxylic acids is 1. The van der Waals surface area contributed by atoms with Crippen molar-refractivity contribution in [3.8, 4) is 0 Å². The number of rotatable bonds is 6. The number of carboxylic acid groups (broad SMARTS) is 1. The molecule has 7 nitrogen and oxygen atoms in total. The lowest BCUT2D eigenvalue weighted by atomic mass is 10.1. The number of hydrogen-bond acceptors (Lipinski definition) is 4. The van der Waals surface area contributed by atoms with Gasteiger partial charge in [0, 0.05) is 20.2 Å². The smallest absolute Gasteiger partial charge is 0.337 e. The van der Waals surface area contributed by atoms with Crippen LogP contribution in [0, 0.1) is 0 Å². The number of amides is 1. The van der Waals surface area contributed by atoms with E-state index in [0.29, 0.717) is 5.69 Å². The molecule has 3 rings (SSSR count). The molecule has 0 aliphatic rings. The van der Waals surface area contributed by atoms with Gasteiger partial charge in [0.2, 0.25) is 0 Å². The number of hydrogen-bond donors (Lipinski definition) is 3. The standard InChI is InChI=1S/C20H14Br2N2O5S/c21-13-6-8-14(9-7-13)24-30(28,29)18-11-12(5-10-16(18)22)19(25)23-17-4-2-1-3-15(17)20(26)27/h1-11,24H,(H,23,25)(H,26,27). The number of carbonyl (C=O) groups excluding carboxylic acids is 1. The number of anilines is 2. The summed E-state index contributed by atoms with van der Waals surface area (Å²) >= 11 is 6.48. The van der Waals surface area contributed by atoms with Crippen LogP contribution < -0.4 is 10.0 Å². The van der Waals surface area contributed by atoms with Gasteiger partial charge in [-0.25, -0.2) is 13.2 Å². The minimum atomic E-state index is -3.99. The number of carbonyl (C=O) groups is 2. The second-order valence-corrected chi connectivity index (χ2v) is 9.48. The van der Waals surface area contributed by atoms with Crippen LogP contribution in [0.15, 0.2) is 80.6 Å². The highest BCUT2D eigenvalue weighted by atomic mass is 79.9. The summed E-state index contributed by atoms with van der Waals surface area (Å²) in [6, 6.07) is 16.6. The lowest BCUT2D eigenvalue weighted by Crippen LogP contribution is -2.17. The van der Waals surface area contributed by atoms with Crippen molar-refractivity contribution < 1.29 is 23.1 Å². The molecule has 154 valence electrons. The van der Waals surface area contributed by atoms with E-state index in [4.69, 9.17) is 0 Å². The number of sulfonamides is 1. The molecule has 10 heteroatoms. The number of halogens is 2. The first-order valence-corrected chi connectivity index (χ1v) is 11.5. The van der Waals surface area contributed by atoms with Crippen LogP contribution in [0.3, 0.4) is 0 Å². The van der Waals surface area contributed by atoms with Crippen LogP contribution in [0.4, 0.5) is 11.4 Å². The summed E-state index contributed by atoms with van der Waals surface area (Å²) in [7, 11) is -3.99. The van der Waals surface area contributed by atoms with Crippen LogP contribution in [0.1, 0.15) is 20.7 Å². The molecule has 0 atom stereocenters. The van der Waals surface area contributed by atoms with Gasteiger partial charge in [-0.2, -0.15) is 0 Å². The van der Waals surface area contributed by atoms with Crippen molar-refractivity contribution in [3.05, 3.63) is 86.8 Å². The summed E-state index contributed by atoms with van der Waals surface area (Å²) in [6.45, 7) is 0. The van der Waals surface area contributed by atoms with Crippen LogP contribution in [0.5, 0.6) is 0 Å². The second kappa shape index (κ2) is 8.99. The highest BCUT2D eigenvalue weighted by Gasteiger charge is 2.21. The number of para-hydroxylation sites is 1. The molecule has 0 saturated heterocycles. The predicted molar refractivity (Wildman–Crippen MR) is 120 cm³/mol. The van der Waals surface area contributed by atoms with Gasteiger partial charge in [0.15, 0.2) is 0 Å². The average Bonchev–Trinajstić information content (AvgIpc) is 2.70. The van der Waals surface area contributed by atoms with Gasteiger partial charge in [-0.15, -0.1) is 0 Å². The molecule has 0 fully saturated rings. The van der Waals surface area contributed by atoms with E-state index in [1.54, 1.807) is 30.3 Å². The van der Waals surface area contributed by atoms with Crippen molar-refractivity contribution >= 4 is 65.1 Å². The van der Waals surface area contributed by atoms with E-state index < -0.39 is 21.9 Å². The monoisotopic (exact) mass is 552 g/mol. The fourth-order valence-corrected chi connectivity index (χ4v) is 4.87. The Kier molecular flexibility index (Phi) is 6.59. The number of benzene rings is 3. The zero-order chi connectivity index (χ0) is 21.9. The zero-order valence-electron chi connectivity index (χ0n) is 15.1. The maximum absolute atomic E-state index is 12.8. The van der Waals surface area contributed by atoms with Crippen LogP contribution in [0.25, 0.3) is 0 Å². The van der Waals surface area contributed by atoms with Gasteiger partial charge in [0.25, 0.3) is 15.9 Å². The number of carboxylic acids is 1. The van der Waals surface area contributed by atoms with Gasteiger partial charge < -0.3 is 10.4 Å². The Labute approximate surface area is 189 Å². The Morgan fingerprint density at radius 1 is 0.900 bits per heavy atom. The molecule has 0 heterocycles. The number of nitrogens with one attached hydrogen (secondary N) is 2. The fraction of sp³-hybridized carbons (Fsp3) is 0. The van der Waals surface area contributed by atoms with Crippen molar-refractivity contribution in [2.75, 3.05) is 10.0 Å². The molecule has 0 unspecified atom stereocenters. The van der Waals surface area contributed by atoms with Gasteiger partial charge in [-0.1, -0.05) is 28.1 Å². The largest absolute Gasteiger partial charge is 0.478 e. The molecule has 30 heavy (non-hydrogen) atoms. The molecule has 0 bridgehead atoms. The van der Waals surface area contributed by atoms with Crippen molar-refractivity contribution in [2.24, 2.45) is 0 Å². The van der Waals surface area contributed by atoms with Crippen LogP contribution in [-0.4, -0.2) is 25.4 Å². The van der Waals surface area contributed by atoms with Crippen LogP contribution in [0.2, 0.25) is 0 Å². The minimum Gasteiger partial charge on any atom is -0.478 e. The third-order valence-corrected chi connectivity index (χ3v) is 6.89. The summed E-state index contributed by atoms with van der Waals surface area (Å²) in [4.78, 5) is 23.8. The Bertz CT molecular complexity index is 1230. The zero-order valence-corrected chi connectivity index (χ0v) is 19.1. The van der Waals surface area contributed by atoms with E-state index in [0.717, 1.165) is 4.47 Å². The average molecular weight is 554 g/mol. The first-order valence-electron chi connectivity index (χ1n) is 8.39. The summed E-state index contributed by atoms with van der Waals surface area (Å²) in [6.07, 6.45) is 0. The molecule has 3 aromatic carbocycles. The molecule has 3 N–H and O–H groups in total. The Morgan fingerprint density at radius 3 is 2.23 bits per heavy atom. The first kappa shape index (κ1) is 22.0. The highest BCUT2D eigenvalue weighted by Crippen LogP contribution is 2.27. The minimum absolute atomic E-state index is 0.0505. The topological polar surface area (TPSA) is 113 Å².